The van der Waals surface area contributed by atoms with Gasteiger partial charge in [-0.15, -0.1) is 10.2 Å². The van der Waals surface area contributed by atoms with E-state index in [-0.39, 0.29) is 5.91 Å². The first-order chi connectivity index (χ1) is 11.6. The zero-order valence-corrected chi connectivity index (χ0v) is 14.6. The van der Waals surface area contributed by atoms with Crippen molar-refractivity contribution in [2.24, 2.45) is 0 Å². The van der Waals surface area contributed by atoms with Crippen LogP contribution in [0.5, 0.6) is 0 Å². The van der Waals surface area contributed by atoms with Crippen molar-refractivity contribution in [1.29, 1.82) is 0 Å². The largest absolute Gasteiger partial charge is 0.338 e. The molecule has 1 saturated heterocycles. The Morgan fingerprint density at radius 1 is 1.42 bits per heavy atom. The summed E-state index contributed by atoms with van der Waals surface area (Å²) in [7, 11) is 0. The third-order valence-corrected chi connectivity index (χ3v) is 4.41. The Kier molecular flexibility index (Phi) is 5.11. The lowest BCUT2D eigenvalue weighted by molar-refractivity contribution is -0.136. The van der Waals surface area contributed by atoms with Crippen LogP contribution in [0.4, 0.5) is 0 Å². The molecule has 1 aliphatic rings. The summed E-state index contributed by atoms with van der Waals surface area (Å²) in [6.45, 7) is 6.25. The molecule has 1 aromatic carbocycles. The molecule has 128 valence electrons. The van der Waals surface area contributed by atoms with Crippen LogP contribution in [0.3, 0.4) is 0 Å². The minimum atomic E-state index is -0.427. The molecule has 2 heterocycles. The molecule has 0 spiro atoms. The minimum absolute atomic E-state index is 0.0471. The van der Waals surface area contributed by atoms with Crippen molar-refractivity contribution in [3.63, 3.8) is 0 Å². The number of nitrogens with one attached hydrogen (secondary N) is 1. The van der Waals surface area contributed by atoms with Gasteiger partial charge in [-0.3, -0.25) is 4.79 Å². The van der Waals surface area contributed by atoms with E-state index < -0.39 is 6.04 Å². The molecule has 0 radical (unpaired) electrons. The molecule has 24 heavy (non-hydrogen) atoms. The van der Waals surface area contributed by atoms with Crippen molar-refractivity contribution >= 4 is 17.5 Å². The van der Waals surface area contributed by atoms with E-state index in [9.17, 15) is 4.79 Å². The number of piperazine rings is 1. The zero-order chi connectivity index (χ0) is 17.1. The summed E-state index contributed by atoms with van der Waals surface area (Å²) in [5, 5.41) is 16.6. The molecule has 2 atom stereocenters. The molecule has 2 unspecified atom stereocenters. The van der Waals surface area contributed by atoms with Crippen LogP contribution >= 0.6 is 11.6 Å². The average molecular weight is 349 g/mol. The Labute approximate surface area is 146 Å². The van der Waals surface area contributed by atoms with Crippen molar-refractivity contribution in [2.75, 3.05) is 19.6 Å². The molecule has 8 heteroatoms. The molecule has 0 bridgehead atoms. The normalized spacial score (nSPS) is 19.3. The summed E-state index contributed by atoms with van der Waals surface area (Å²) in [4.78, 5) is 16.1. The molecular formula is C16H21ClN6O. The smallest absolute Gasteiger partial charge is 0.249 e. The highest BCUT2D eigenvalue weighted by molar-refractivity contribution is 6.30. The topological polar surface area (TPSA) is 75.9 Å². The van der Waals surface area contributed by atoms with Crippen LogP contribution in [0.2, 0.25) is 5.02 Å². The number of hydrogen-bond acceptors (Lipinski definition) is 5. The molecule has 0 saturated carbocycles. The van der Waals surface area contributed by atoms with Crippen molar-refractivity contribution in [2.45, 2.75) is 32.4 Å². The number of benzene rings is 1. The fourth-order valence-corrected chi connectivity index (χ4v) is 2.98. The summed E-state index contributed by atoms with van der Waals surface area (Å²) in [5.41, 5.74) is 0.823. The van der Waals surface area contributed by atoms with Gasteiger partial charge < -0.3 is 10.2 Å². The first-order valence-electron chi connectivity index (χ1n) is 8.16. The molecule has 1 aromatic heterocycles. The van der Waals surface area contributed by atoms with Gasteiger partial charge in [-0.2, -0.15) is 4.80 Å². The number of nitrogens with zero attached hydrogens (tertiary/aromatic N) is 5. The van der Waals surface area contributed by atoms with Crippen LogP contribution in [0.1, 0.15) is 26.3 Å². The molecule has 0 aliphatic carbocycles. The molecule has 7 nitrogen and oxygen atoms in total. The van der Waals surface area contributed by atoms with E-state index in [0.29, 0.717) is 36.4 Å². The maximum atomic E-state index is 12.8. The second kappa shape index (κ2) is 7.27. The van der Waals surface area contributed by atoms with Crippen LogP contribution in [0.15, 0.2) is 24.3 Å². The molecular weight excluding hydrogens is 328 g/mol. The van der Waals surface area contributed by atoms with Crippen molar-refractivity contribution in [1.82, 2.24) is 30.4 Å². The van der Waals surface area contributed by atoms with Crippen molar-refractivity contribution in [3.05, 3.63) is 29.3 Å². The molecule has 2 aromatic rings. The lowest BCUT2D eigenvalue weighted by atomic mass is 10.1. The van der Waals surface area contributed by atoms with Crippen LogP contribution < -0.4 is 5.32 Å². The summed E-state index contributed by atoms with van der Waals surface area (Å²) in [6, 6.07) is 7.11. The van der Waals surface area contributed by atoms with E-state index in [2.05, 4.69) is 27.7 Å². The number of rotatable bonds is 4. The van der Waals surface area contributed by atoms with Crippen LogP contribution in [-0.2, 0) is 4.79 Å². The lowest BCUT2D eigenvalue weighted by Gasteiger charge is -2.33. The number of carbonyl (C=O) groups excluding carboxylic acids is 1. The Morgan fingerprint density at radius 2 is 2.17 bits per heavy atom. The second-order valence-electron chi connectivity index (χ2n) is 6.00. The summed E-state index contributed by atoms with van der Waals surface area (Å²) >= 11 is 5.90. The third kappa shape index (κ3) is 3.57. The maximum Gasteiger partial charge on any atom is 0.249 e. The highest BCUT2D eigenvalue weighted by Crippen LogP contribution is 2.19. The van der Waals surface area contributed by atoms with Crippen molar-refractivity contribution < 1.29 is 4.79 Å². The molecule has 1 N–H and O–H groups in total. The van der Waals surface area contributed by atoms with Gasteiger partial charge in [0.25, 0.3) is 0 Å². The summed E-state index contributed by atoms with van der Waals surface area (Å²) < 4.78 is 0. The number of amides is 1. The minimum Gasteiger partial charge on any atom is -0.338 e. The monoisotopic (exact) mass is 348 g/mol. The van der Waals surface area contributed by atoms with E-state index in [1.165, 1.54) is 4.80 Å². The first-order valence-corrected chi connectivity index (χ1v) is 8.54. The number of aromatic nitrogens is 4. The second-order valence-corrected chi connectivity index (χ2v) is 6.44. The fourth-order valence-electron chi connectivity index (χ4n) is 2.85. The first kappa shape index (κ1) is 16.9. The van der Waals surface area contributed by atoms with Crippen LogP contribution in [0.25, 0.3) is 11.4 Å². The predicted octanol–water partition coefficient (Wildman–Crippen LogP) is 1.76. The molecule has 1 aliphatic heterocycles. The number of carbonyl (C=O) groups is 1. The standard InChI is InChI=1S/C16H21ClN6O/c1-3-14(16(24)22-9-8-18-11(2)10-22)23-20-15(19-21-23)12-4-6-13(17)7-5-12/h4-7,11,14,18H,3,8-10H2,1-2H3. The van der Waals surface area contributed by atoms with Crippen LogP contribution in [-0.4, -0.2) is 56.7 Å². The Balaban J connectivity index is 1.78. The van der Waals surface area contributed by atoms with Gasteiger partial charge in [0.2, 0.25) is 11.7 Å². The Morgan fingerprint density at radius 3 is 2.83 bits per heavy atom. The predicted molar refractivity (Wildman–Crippen MR) is 91.6 cm³/mol. The SMILES string of the molecule is CCC(C(=O)N1CCNC(C)C1)n1nnc(-c2ccc(Cl)cc2)n1. The quantitative estimate of drug-likeness (QED) is 0.911. The van der Waals surface area contributed by atoms with Crippen molar-refractivity contribution in [3.8, 4) is 11.4 Å². The number of tetrazole rings is 1. The van der Waals surface area contributed by atoms with E-state index in [1.807, 2.05) is 24.0 Å². The van der Waals surface area contributed by atoms with Gasteiger partial charge in [0, 0.05) is 36.3 Å². The number of halogens is 1. The van der Waals surface area contributed by atoms with Gasteiger partial charge in [-0.25, -0.2) is 0 Å². The Bertz CT molecular complexity index is 701. The zero-order valence-electron chi connectivity index (χ0n) is 13.8. The van der Waals surface area contributed by atoms with E-state index >= 15 is 0 Å². The van der Waals surface area contributed by atoms with Gasteiger partial charge in [-0.1, -0.05) is 18.5 Å². The lowest BCUT2D eigenvalue weighted by Crippen LogP contribution is -2.53. The van der Waals surface area contributed by atoms with Crippen LogP contribution in [0, 0.1) is 0 Å². The molecule has 3 rings (SSSR count). The van der Waals surface area contributed by atoms with Gasteiger partial charge >= 0.3 is 0 Å². The highest BCUT2D eigenvalue weighted by atomic mass is 35.5. The Hall–Kier alpha value is -1.99. The fraction of sp³-hybridized carbons (Fsp3) is 0.500. The summed E-state index contributed by atoms with van der Waals surface area (Å²) in [5.74, 6) is 0.539. The van der Waals surface area contributed by atoms with E-state index in [1.54, 1.807) is 12.1 Å². The van der Waals surface area contributed by atoms with Gasteiger partial charge in [0.05, 0.1) is 0 Å². The number of hydrogen-bond donors (Lipinski definition) is 1. The summed E-state index contributed by atoms with van der Waals surface area (Å²) in [6.07, 6.45) is 0.619. The van der Waals surface area contributed by atoms with E-state index in [0.717, 1.165) is 12.1 Å². The maximum absolute atomic E-state index is 12.8. The van der Waals surface area contributed by atoms with Gasteiger partial charge in [-0.05, 0) is 42.8 Å². The molecule has 1 fully saturated rings. The highest BCUT2D eigenvalue weighted by Gasteiger charge is 2.29. The van der Waals surface area contributed by atoms with E-state index in [4.69, 9.17) is 11.6 Å². The molecule has 1 amide bonds. The average Bonchev–Trinajstić information content (AvgIpc) is 3.06. The third-order valence-electron chi connectivity index (χ3n) is 4.16. The van der Waals surface area contributed by atoms with Gasteiger partial charge in [0.1, 0.15) is 0 Å². The van der Waals surface area contributed by atoms with Gasteiger partial charge in [0.15, 0.2) is 6.04 Å².